The minimum Gasteiger partial charge on any atom is -0.484 e. The third kappa shape index (κ3) is 6.05. The highest BCUT2D eigenvalue weighted by atomic mass is 19.4. The van der Waals surface area contributed by atoms with Crippen molar-refractivity contribution in [3.8, 4) is 11.5 Å². The van der Waals surface area contributed by atoms with E-state index in [0.717, 1.165) is 18.2 Å². The Kier molecular flexibility index (Phi) is 5.47. The van der Waals surface area contributed by atoms with Crippen molar-refractivity contribution >= 4 is 11.9 Å². The van der Waals surface area contributed by atoms with E-state index in [9.17, 15) is 22.8 Å². The number of rotatable bonds is 7. The number of carbonyl (C=O) groups excluding carboxylic acids is 1. The summed E-state index contributed by atoms with van der Waals surface area (Å²) in [4.78, 5) is 22.2. The Balaban J connectivity index is 1.76. The highest BCUT2D eigenvalue weighted by Crippen LogP contribution is 2.24. The van der Waals surface area contributed by atoms with E-state index in [1.54, 1.807) is 0 Å². The zero-order chi connectivity index (χ0) is 18.4. The van der Waals surface area contributed by atoms with E-state index >= 15 is 0 Å². The summed E-state index contributed by atoms with van der Waals surface area (Å²) in [5.74, 6) is -1.92. The zero-order valence-electron chi connectivity index (χ0n) is 12.4. The van der Waals surface area contributed by atoms with Crippen LogP contribution < -0.4 is 14.8 Å². The molecule has 1 heterocycles. The highest BCUT2D eigenvalue weighted by Gasteiger charge is 2.30. The molecule has 25 heavy (non-hydrogen) atoms. The number of carboxylic acid groups (broad SMARTS) is 1. The number of aromatic carboxylic acids is 1. The van der Waals surface area contributed by atoms with Gasteiger partial charge < -0.3 is 24.4 Å². The lowest BCUT2D eigenvalue weighted by Crippen LogP contribution is -2.28. The second-order valence-electron chi connectivity index (χ2n) is 4.57. The Hall–Kier alpha value is -3.24. The zero-order valence-corrected chi connectivity index (χ0v) is 12.4. The van der Waals surface area contributed by atoms with Gasteiger partial charge in [0.25, 0.3) is 5.91 Å². The van der Waals surface area contributed by atoms with Crippen LogP contribution in [0.1, 0.15) is 16.2 Å². The first-order valence-electron chi connectivity index (χ1n) is 6.67. The standard InChI is InChI=1S/C14H11F3N2O6/c15-14(16,17)24-9-3-1-8(2-4-9)23-7-12(20)18-6-10-5-11(13(21)22)19-25-10/h1-5H,6-7H2,(H,18,20)(H,21,22). The number of halogens is 3. The molecule has 0 spiro atoms. The fraction of sp³-hybridized carbons (Fsp3) is 0.214. The summed E-state index contributed by atoms with van der Waals surface area (Å²) in [6, 6.07) is 5.67. The van der Waals surface area contributed by atoms with E-state index in [-0.39, 0.29) is 23.7 Å². The molecule has 0 atom stereocenters. The number of carboxylic acids is 1. The van der Waals surface area contributed by atoms with Crippen LogP contribution in [0.3, 0.4) is 0 Å². The van der Waals surface area contributed by atoms with Crippen LogP contribution in [0.25, 0.3) is 0 Å². The van der Waals surface area contributed by atoms with Gasteiger partial charge in [0.1, 0.15) is 11.5 Å². The fourth-order valence-corrected chi connectivity index (χ4v) is 1.62. The molecular weight excluding hydrogens is 349 g/mol. The number of benzene rings is 1. The van der Waals surface area contributed by atoms with Gasteiger partial charge in [-0.25, -0.2) is 4.79 Å². The van der Waals surface area contributed by atoms with Gasteiger partial charge in [0, 0.05) is 6.07 Å². The molecule has 2 aromatic rings. The summed E-state index contributed by atoms with van der Waals surface area (Å²) >= 11 is 0. The van der Waals surface area contributed by atoms with Crippen molar-refractivity contribution in [2.75, 3.05) is 6.61 Å². The van der Waals surface area contributed by atoms with Crippen LogP contribution in [-0.4, -0.2) is 35.1 Å². The van der Waals surface area contributed by atoms with Gasteiger partial charge in [-0.1, -0.05) is 5.16 Å². The molecular formula is C14H11F3N2O6. The summed E-state index contributed by atoms with van der Waals surface area (Å²) in [5.41, 5.74) is -0.290. The summed E-state index contributed by atoms with van der Waals surface area (Å²) < 4.78 is 49.5. The van der Waals surface area contributed by atoms with Crippen molar-refractivity contribution in [1.82, 2.24) is 10.5 Å². The van der Waals surface area contributed by atoms with E-state index in [1.807, 2.05) is 0 Å². The Morgan fingerprint density at radius 2 is 1.84 bits per heavy atom. The second-order valence-corrected chi connectivity index (χ2v) is 4.57. The third-order valence-electron chi connectivity index (χ3n) is 2.67. The normalized spacial score (nSPS) is 11.0. The molecule has 0 aliphatic heterocycles. The van der Waals surface area contributed by atoms with Gasteiger partial charge in [-0.2, -0.15) is 0 Å². The first kappa shape index (κ1) is 18.1. The van der Waals surface area contributed by atoms with Crippen molar-refractivity contribution in [1.29, 1.82) is 0 Å². The number of nitrogens with zero attached hydrogens (tertiary/aromatic N) is 1. The van der Waals surface area contributed by atoms with Crippen LogP contribution >= 0.6 is 0 Å². The first-order valence-corrected chi connectivity index (χ1v) is 6.67. The molecule has 2 N–H and O–H groups in total. The summed E-state index contributed by atoms with van der Waals surface area (Å²) in [5, 5.41) is 14.3. The molecule has 0 unspecified atom stereocenters. The number of carbonyl (C=O) groups is 2. The van der Waals surface area contributed by atoms with Gasteiger partial charge in [0.2, 0.25) is 0 Å². The van der Waals surface area contributed by atoms with Crippen LogP contribution in [0.2, 0.25) is 0 Å². The molecule has 134 valence electrons. The number of hydrogen-bond donors (Lipinski definition) is 2. The van der Waals surface area contributed by atoms with Crippen molar-refractivity contribution in [3.63, 3.8) is 0 Å². The van der Waals surface area contributed by atoms with E-state index < -0.39 is 30.6 Å². The lowest BCUT2D eigenvalue weighted by Gasteiger charge is -2.10. The molecule has 1 aromatic heterocycles. The van der Waals surface area contributed by atoms with Gasteiger partial charge >= 0.3 is 12.3 Å². The molecule has 1 aromatic carbocycles. The van der Waals surface area contributed by atoms with E-state index in [4.69, 9.17) is 14.4 Å². The lowest BCUT2D eigenvalue weighted by molar-refractivity contribution is -0.274. The number of aromatic nitrogens is 1. The third-order valence-corrected chi connectivity index (χ3v) is 2.67. The van der Waals surface area contributed by atoms with E-state index in [2.05, 4.69) is 15.2 Å². The molecule has 8 nitrogen and oxygen atoms in total. The smallest absolute Gasteiger partial charge is 0.484 e. The Labute approximate surface area is 138 Å². The Morgan fingerprint density at radius 3 is 2.40 bits per heavy atom. The molecule has 1 amide bonds. The van der Waals surface area contributed by atoms with Gasteiger partial charge in [0.05, 0.1) is 6.54 Å². The maximum Gasteiger partial charge on any atom is 0.573 e. The van der Waals surface area contributed by atoms with E-state index in [1.165, 1.54) is 12.1 Å². The van der Waals surface area contributed by atoms with Crippen LogP contribution in [0.5, 0.6) is 11.5 Å². The molecule has 0 saturated heterocycles. The monoisotopic (exact) mass is 360 g/mol. The minimum atomic E-state index is -4.79. The quantitative estimate of drug-likeness (QED) is 0.776. The van der Waals surface area contributed by atoms with Crippen LogP contribution in [-0.2, 0) is 11.3 Å². The summed E-state index contributed by atoms with van der Waals surface area (Å²) in [7, 11) is 0. The SMILES string of the molecule is O=C(COc1ccc(OC(F)(F)F)cc1)NCc1cc(C(=O)O)no1. The molecule has 0 saturated carbocycles. The van der Waals surface area contributed by atoms with Crippen LogP contribution in [0.4, 0.5) is 13.2 Å². The lowest BCUT2D eigenvalue weighted by atomic mass is 10.3. The predicted octanol–water partition coefficient (Wildman–Crippen LogP) is 1.97. The fourth-order valence-electron chi connectivity index (χ4n) is 1.62. The minimum absolute atomic E-state index is 0.0964. The van der Waals surface area contributed by atoms with Gasteiger partial charge in [-0.05, 0) is 24.3 Å². The molecule has 0 radical (unpaired) electrons. The van der Waals surface area contributed by atoms with Crippen molar-refractivity contribution in [2.24, 2.45) is 0 Å². The van der Waals surface area contributed by atoms with Gasteiger partial charge in [-0.3, -0.25) is 4.79 Å². The Morgan fingerprint density at radius 1 is 1.20 bits per heavy atom. The van der Waals surface area contributed by atoms with Gasteiger partial charge in [0.15, 0.2) is 18.1 Å². The van der Waals surface area contributed by atoms with Crippen molar-refractivity contribution in [3.05, 3.63) is 41.8 Å². The number of nitrogens with one attached hydrogen (secondary N) is 1. The molecule has 0 fully saturated rings. The topological polar surface area (TPSA) is 111 Å². The van der Waals surface area contributed by atoms with Crippen LogP contribution in [0.15, 0.2) is 34.9 Å². The highest BCUT2D eigenvalue weighted by molar-refractivity contribution is 5.85. The predicted molar refractivity (Wildman–Crippen MR) is 73.9 cm³/mol. The average molecular weight is 360 g/mol. The Bertz CT molecular complexity index is 742. The van der Waals surface area contributed by atoms with Gasteiger partial charge in [-0.15, -0.1) is 13.2 Å². The maximum atomic E-state index is 12.0. The van der Waals surface area contributed by atoms with E-state index in [0.29, 0.717) is 0 Å². The largest absolute Gasteiger partial charge is 0.573 e. The van der Waals surface area contributed by atoms with Crippen molar-refractivity contribution in [2.45, 2.75) is 12.9 Å². The first-order chi connectivity index (χ1) is 11.7. The number of amides is 1. The number of hydrogen-bond acceptors (Lipinski definition) is 6. The maximum absolute atomic E-state index is 12.0. The molecule has 11 heteroatoms. The molecule has 0 bridgehead atoms. The summed E-state index contributed by atoms with van der Waals surface area (Å²) in [6.45, 7) is -0.500. The molecule has 2 rings (SSSR count). The molecule has 0 aliphatic carbocycles. The molecule has 0 aliphatic rings. The number of ether oxygens (including phenoxy) is 2. The van der Waals surface area contributed by atoms with Crippen molar-refractivity contribution < 1.29 is 41.9 Å². The van der Waals surface area contributed by atoms with Crippen LogP contribution in [0, 0.1) is 0 Å². The average Bonchev–Trinajstić information content (AvgIpc) is 3.00. The second kappa shape index (κ2) is 7.55. The summed E-state index contributed by atoms with van der Waals surface area (Å²) in [6.07, 6.45) is -4.79. The number of alkyl halides is 3.